The summed E-state index contributed by atoms with van der Waals surface area (Å²) in [4.78, 5) is 2.26. The quantitative estimate of drug-likeness (QED) is 0.673. The van der Waals surface area contributed by atoms with Crippen LogP contribution in [0.3, 0.4) is 0 Å². The van der Waals surface area contributed by atoms with Gasteiger partial charge in [0.05, 0.1) is 12.7 Å². The Hall–Kier alpha value is -0.940. The molecule has 2 unspecified atom stereocenters. The van der Waals surface area contributed by atoms with Crippen molar-refractivity contribution >= 4 is 0 Å². The van der Waals surface area contributed by atoms with Gasteiger partial charge >= 0.3 is 0 Å². The van der Waals surface area contributed by atoms with Crippen LogP contribution in [-0.4, -0.2) is 56.6 Å². The molecule has 120 valence electrons. The molecule has 0 aliphatic heterocycles. The molecule has 0 saturated heterocycles. The number of benzene rings is 1. The normalized spacial score (nSPS) is 14.4. The maximum atomic E-state index is 10.6. The van der Waals surface area contributed by atoms with E-state index in [-0.39, 0.29) is 6.04 Å². The van der Waals surface area contributed by atoms with E-state index in [2.05, 4.69) is 18.7 Å². The number of nitrogens with zero attached hydrogens (tertiary/aromatic N) is 1. The number of ether oxygens (including phenoxy) is 2. The molecule has 0 heterocycles. The third-order valence-corrected chi connectivity index (χ3v) is 3.83. The molecule has 0 spiro atoms. The highest BCUT2D eigenvalue weighted by Crippen LogP contribution is 2.21. The van der Waals surface area contributed by atoms with Gasteiger partial charge in [0.2, 0.25) is 0 Å². The second kappa shape index (κ2) is 9.90. The molecule has 0 aliphatic carbocycles. The average Bonchev–Trinajstić information content (AvgIpc) is 2.50. The van der Waals surface area contributed by atoms with E-state index in [1.807, 2.05) is 24.3 Å². The molecule has 0 saturated carbocycles. The van der Waals surface area contributed by atoms with Crippen LogP contribution < -0.4 is 0 Å². The van der Waals surface area contributed by atoms with Gasteiger partial charge in [0.1, 0.15) is 0 Å². The lowest BCUT2D eigenvalue weighted by Crippen LogP contribution is -2.40. The van der Waals surface area contributed by atoms with Crippen LogP contribution >= 0.6 is 0 Å². The molecule has 1 N–H and O–H groups in total. The minimum atomic E-state index is -0.495. The van der Waals surface area contributed by atoms with Crippen LogP contribution in [0.25, 0.3) is 0 Å². The van der Waals surface area contributed by atoms with Gasteiger partial charge in [0.25, 0.3) is 0 Å². The van der Waals surface area contributed by atoms with Crippen molar-refractivity contribution in [3.05, 3.63) is 35.4 Å². The lowest BCUT2D eigenvalue weighted by atomic mass is 10.0. The second-order valence-electron chi connectivity index (χ2n) is 5.47. The average molecular weight is 295 g/mol. The number of aliphatic hydroxyl groups excluding tert-OH is 1. The van der Waals surface area contributed by atoms with Crippen molar-refractivity contribution in [2.45, 2.75) is 32.4 Å². The fourth-order valence-corrected chi connectivity index (χ4v) is 2.38. The highest BCUT2D eigenvalue weighted by Gasteiger charge is 2.22. The van der Waals surface area contributed by atoms with Crippen molar-refractivity contribution in [2.75, 3.05) is 40.5 Å². The van der Waals surface area contributed by atoms with Crippen LogP contribution in [0.2, 0.25) is 0 Å². The van der Waals surface area contributed by atoms with Crippen molar-refractivity contribution in [3.63, 3.8) is 0 Å². The van der Waals surface area contributed by atoms with E-state index in [0.717, 1.165) is 31.7 Å². The molecule has 0 aromatic heterocycles. The van der Waals surface area contributed by atoms with Crippen LogP contribution in [0.5, 0.6) is 0 Å². The first-order chi connectivity index (χ1) is 10.1. The lowest BCUT2D eigenvalue weighted by molar-refractivity contribution is 0.0367. The van der Waals surface area contributed by atoms with E-state index in [9.17, 15) is 5.11 Å². The molecule has 4 nitrogen and oxygen atoms in total. The maximum absolute atomic E-state index is 10.6. The monoisotopic (exact) mass is 295 g/mol. The summed E-state index contributed by atoms with van der Waals surface area (Å²) >= 11 is 0. The topological polar surface area (TPSA) is 41.9 Å². The first-order valence-corrected chi connectivity index (χ1v) is 7.56. The first-order valence-electron chi connectivity index (χ1n) is 7.56. The molecule has 1 aromatic carbocycles. The first kappa shape index (κ1) is 18.1. The van der Waals surface area contributed by atoms with Crippen molar-refractivity contribution < 1.29 is 14.6 Å². The molecule has 2 atom stereocenters. The predicted octanol–water partition coefficient (Wildman–Crippen LogP) is 2.40. The zero-order valence-electron chi connectivity index (χ0n) is 13.7. The number of methoxy groups -OCH3 is 2. The van der Waals surface area contributed by atoms with E-state index in [4.69, 9.17) is 9.47 Å². The summed E-state index contributed by atoms with van der Waals surface area (Å²) in [6, 6.07) is 8.12. The highest BCUT2D eigenvalue weighted by molar-refractivity contribution is 5.24. The van der Waals surface area contributed by atoms with Crippen LogP contribution in [0.15, 0.2) is 24.3 Å². The Morgan fingerprint density at radius 1 is 1.05 bits per heavy atom. The molecule has 21 heavy (non-hydrogen) atoms. The lowest BCUT2D eigenvalue weighted by Gasteiger charge is -2.32. The SMILES string of the molecule is COCCCN(CCOC)C(C)C(O)c1ccc(C)cc1. The van der Waals surface area contributed by atoms with Crippen LogP contribution in [0.1, 0.15) is 30.6 Å². The second-order valence-corrected chi connectivity index (χ2v) is 5.47. The van der Waals surface area contributed by atoms with Gasteiger partial charge in [-0.05, 0) is 25.8 Å². The molecule has 0 radical (unpaired) electrons. The Labute approximate surface area is 128 Å². The number of aryl methyl sites for hydroxylation is 1. The number of hydrogen-bond donors (Lipinski definition) is 1. The van der Waals surface area contributed by atoms with Crippen molar-refractivity contribution in [1.82, 2.24) is 4.90 Å². The molecule has 1 rings (SSSR count). The molecule has 0 fully saturated rings. The zero-order chi connectivity index (χ0) is 15.7. The summed E-state index contributed by atoms with van der Waals surface area (Å²) in [7, 11) is 3.42. The van der Waals surface area contributed by atoms with E-state index in [1.54, 1.807) is 14.2 Å². The summed E-state index contributed by atoms with van der Waals surface area (Å²) in [6.07, 6.45) is 0.454. The Bertz CT molecular complexity index is 380. The summed E-state index contributed by atoms with van der Waals surface area (Å²) < 4.78 is 10.3. The minimum Gasteiger partial charge on any atom is -0.387 e. The maximum Gasteiger partial charge on any atom is 0.0942 e. The Morgan fingerprint density at radius 3 is 2.24 bits per heavy atom. The molecule has 0 bridgehead atoms. The molecule has 0 aliphatic rings. The number of aliphatic hydroxyl groups is 1. The summed E-state index contributed by atoms with van der Waals surface area (Å²) in [5.41, 5.74) is 2.16. The standard InChI is InChI=1S/C17H29NO3/c1-14-6-8-16(9-7-14)17(19)15(2)18(11-13-21-4)10-5-12-20-3/h6-9,15,17,19H,5,10-13H2,1-4H3. The van der Waals surface area contributed by atoms with Crippen molar-refractivity contribution in [1.29, 1.82) is 0 Å². The van der Waals surface area contributed by atoms with E-state index >= 15 is 0 Å². The third-order valence-electron chi connectivity index (χ3n) is 3.83. The van der Waals surface area contributed by atoms with Gasteiger partial charge < -0.3 is 14.6 Å². The summed E-state index contributed by atoms with van der Waals surface area (Å²) in [5, 5.41) is 10.6. The van der Waals surface area contributed by atoms with E-state index < -0.39 is 6.10 Å². The van der Waals surface area contributed by atoms with Gasteiger partial charge in [-0.25, -0.2) is 0 Å². The van der Waals surface area contributed by atoms with Crippen LogP contribution in [-0.2, 0) is 9.47 Å². The van der Waals surface area contributed by atoms with Crippen LogP contribution in [0, 0.1) is 6.92 Å². The minimum absolute atomic E-state index is 0.0414. The van der Waals surface area contributed by atoms with Gasteiger partial charge in [-0.15, -0.1) is 0 Å². The molecular formula is C17H29NO3. The smallest absolute Gasteiger partial charge is 0.0942 e. The highest BCUT2D eigenvalue weighted by atomic mass is 16.5. The Balaban J connectivity index is 2.67. The van der Waals surface area contributed by atoms with Crippen molar-refractivity contribution in [3.8, 4) is 0 Å². The van der Waals surface area contributed by atoms with Gasteiger partial charge in [-0.3, -0.25) is 4.90 Å². The number of rotatable bonds is 10. The third kappa shape index (κ3) is 6.14. The fourth-order valence-electron chi connectivity index (χ4n) is 2.38. The Kier molecular flexibility index (Phi) is 8.54. The van der Waals surface area contributed by atoms with Crippen molar-refractivity contribution in [2.24, 2.45) is 0 Å². The molecular weight excluding hydrogens is 266 g/mol. The molecule has 1 aromatic rings. The predicted molar refractivity (Wildman–Crippen MR) is 85.5 cm³/mol. The Morgan fingerprint density at radius 2 is 1.67 bits per heavy atom. The van der Waals surface area contributed by atoms with Gasteiger partial charge in [-0.2, -0.15) is 0 Å². The summed E-state index contributed by atoms with van der Waals surface area (Å²) in [6.45, 7) is 7.21. The van der Waals surface area contributed by atoms with Gasteiger partial charge in [-0.1, -0.05) is 29.8 Å². The summed E-state index contributed by atoms with van der Waals surface area (Å²) in [5.74, 6) is 0. The number of hydrogen-bond acceptors (Lipinski definition) is 4. The largest absolute Gasteiger partial charge is 0.387 e. The molecule has 0 amide bonds. The zero-order valence-corrected chi connectivity index (χ0v) is 13.7. The van der Waals surface area contributed by atoms with Gasteiger partial charge in [0, 0.05) is 40.0 Å². The van der Waals surface area contributed by atoms with E-state index in [0.29, 0.717) is 6.61 Å². The van der Waals surface area contributed by atoms with Crippen LogP contribution in [0.4, 0.5) is 0 Å². The fraction of sp³-hybridized carbons (Fsp3) is 0.647. The van der Waals surface area contributed by atoms with E-state index in [1.165, 1.54) is 5.56 Å². The molecule has 4 heteroatoms. The van der Waals surface area contributed by atoms with Gasteiger partial charge in [0.15, 0.2) is 0 Å².